The molecule has 0 spiro atoms. The highest BCUT2D eigenvalue weighted by Gasteiger charge is 2.10. The zero-order valence-electron chi connectivity index (χ0n) is 12.6. The van der Waals surface area contributed by atoms with Crippen molar-refractivity contribution in [1.29, 1.82) is 0 Å². The zero-order chi connectivity index (χ0) is 15.8. The highest BCUT2D eigenvalue weighted by Crippen LogP contribution is 2.16. The molecular formula is C15H22N2O4. The lowest BCUT2D eigenvalue weighted by Gasteiger charge is -2.11. The number of anilines is 1. The maximum atomic E-state index is 11.6. The number of carbonyl (C=O) groups is 2. The van der Waals surface area contributed by atoms with E-state index in [0.717, 1.165) is 5.75 Å². The molecule has 1 aromatic rings. The lowest BCUT2D eigenvalue weighted by molar-refractivity contribution is -0.141. The maximum Gasteiger partial charge on any atom is 0.319 e. The number of carboxylic acids is 1. The van der Waals surface area contributed by atoms with Crippen LogP contribution in [0.1, 0.15) is 27.2 Å². The molecule has 0 aliphatic rings. The van der Waals surface area contributed by atoms with Gasteiger partial charge in [-0.2, -0.15) is 0 Å². The van der Waals surface area contributed by atoms with Crippen molar-refractivity contribution in [3.05, 3.63) is 24.3 Å². The average molecular weight is 294 g/mol. The van der Waals surface area contributed by atoms with E-state index in [0.29, 0.717) is 18.7 Å². The molecule has 0 radical (unpaired) electrons. The fourth-order valence-electron chi connectivity index (χ4n) is 1.59. The Morgan fingerprint density at radius 1 is 1.19 bits per heavy atom. The Bertz CT molecular complexity index is 471. The van der Waals surface area contributed by atoms with Gasteiger partial charge < -0.3 is 20.5 Å². The van der Waals surface area contributed by atoms with E-state index < -0.39 is 11.9 Å². The molecule has 0 saturated carbocycles. The molecular weight excluding hydrogens is 272 g/mol. The molecule has 1 atom stereocenters. The van der Waals surface area contributed by atoms with E-state index in [1.807, 2.05) is 13.8 Å². The van der Waals surface area contributed by atoms with Crippen LogP contribution in [0.15, 0.2) is 24.3 Å². The second-order valence-corrected chi connectivity index (χ2v) is 5.10. The van der Waals surface area contributed by atoms with Crippen molar-refractivity contribution >= 4 is 17.7 Å². The van der Waals surface area contributed by atoms with Crippen LogP contribution >= 0.6 is 0 Å². The molecule has 1 rings (SSSR count). The summed E-state index contributed by atoms with van der Waals surface area (Å²) >= 11 is 0. The van der Waals surface area contributed by atoms with E-state index >= 15 is 0 Å². The first-order valence-corrected chi connectivity index (χ1v) is 6.93. The second kappa shape index (κ2) is 8.14. The molecule has 6 nitrogen and oxygen atoms in total. The van der Waals surface area contributed by atoms with Crippen molar-refractivity contribution in [2.45, 2.75) is 33.3 Å². The Balaban J connectivity index is 2.36. The molecule has 6 heteroatoms. The molecule has 2 amide bonds. The van der Waals surface area contributed by atoms with Crippen molar-refractivity contribution in [2.75, 3.05) is 11.9 Å². The second-order valence-electron chi connectivity index (χ2n) is 5.10. The third-order valence-corrected chi connectivity index (χ3v) is 2.77. The van der Waals surface area contributed by atoms with Crippen molar-refractivity contribution in [3.8, 4) is 5.75 Å². The van der Waals surface area contributed by atoms with Crippen molar-refractivity contribution < 1.29 is 19.4 Å². The Morgan fingerprint density at radius 3 is 2.33 bits per heavy atom. The summed E-state index contributed by atoms with van der Waals surface area (Å²) in [7, 11) is 0. The summed E-state index contributed by atoms with van der Waals surface area (Å²) in [5.74, 6) is -0.595. The topological polar surface area (TPSA) is 87.7 Å². The molecule has 0 aliphatic heterocycles. The smallest absolute Gasteiger partial charge is 0.319 e. The molecule has 1 unspecified atom stereocenters. The monoisotopic (exact) mass is 294 g/mol. The first-order valence-electron chi connectivity index (χ1n) is 6.93. The first-order chi connectivity index (χ1) is 9.88. The molecule has 0 bridgehead atoms. The summed E-state index contributed by atoms with van der Waals surface area (Å²) < 4.78 is 5.50. The molecule has 0 aliphatic carbocycles. The van der Waals surface area contributed by atoms with Gasteiger partial charge in [-0.3, -0.25) is 4.79 Å². The van der Waals surface area contributed by atoms with E-state index in [2.05, 4.69) is 10.6 Å². The van der Waals surface area contributed by atoms with Gasteiger partial charge in [0.2, 0.25) is 0 Å². The summed E-state index contributed by atoms with van der Waals surface area (Å²) in [5.41, 5.74) is 0.648. The quantitative estimate of drug-likeness (QED) is 0.721. The molecule has 0 aromatic heterocycles. The number of aliphatic carboxylic acids is 1. The summed E-state index contributed by atoms with van der Waals surface area (Å²) in [4.78, 5) is 22.3. The average Bonchev–Trinajstić information content (AvgIpc) is 2.40. The van der Waals surface area contributed by atoms with Crippen LogP contribution in [0.3, 0.4) is 0 Å². The van der Waals surface area contributed by atoms with Crippen LogP contribution in [0.2, 0.25) is 0 Å². The van der Waals surface area contributed by atoms with E-state index in [4.69, 9.17) is 9.84 Å². The fraction of sp³-hybridized carbons (Fsp3) is 0.467. The third-order valence-electron chi connectivity index (χ3n) is 2.77. The Hall–Kier alpha value is -2.24. The minimum absolute atomic E-state index is 0.100. The summed E-state index contributed by atoms with van der Waals surface area (Å²) in [6, 6.07) is 6.70. The summed E-state index contributed by atoms with van der Waals surface area (Å²) in [6.45, 7) is 5.80. The lowest BCUT2D eigenvalue weighted by Crippen LogP contribution is -2.31. The van der Waals surface area contributed by atoms with Gasteiger partial charge in [-0.1, -0.05) is 6.92 Å². The van der Waals surface area contributed by atoms with Gasteiger partial charge in [0.1, 0.15) is 5.75 Å². The van der Waals surface area contributed by atoms with Crippen LogP contribution in [0.5, 0.6) is 5.75 Å². The Kier molecular flexibility index (Phi) is 6.52. The number of hydrogen-bond donors (Lipinski definition) is 3. The van der Waals surface area contributed by atoms with Crippen LogP contribution in [-0.2, 0) is 4.79 Å². The van der Waals surface area contributed by atoms with E-state index in [-0.39, 0.29) is 12.1 Å². The van der Waals surface area contributed by atoms with Gasteiger partial charge in [0.05, 0.1) is 12.0 Å². The minimum Gasteiger partial charge on any atom is -0.491 e. The number of hydrogen-bond acceptors (Lipinski definition) is 3. The standard InChI is InChI=1S/C15H22N2O4/c1-10(2)21-13-6-4-12(5-7-13)17-15(20)16-9-8-11(3)14(18)19/h4-7,10-11H,8-9H2,1-3H3,(H,18,19)(H2,16,17,20). The number of urea groups is 1. The number of rotatable bonds is 7. The number of nitrogens with one attached hydrogen (secondary N) is 2. The van der Waals surface area contributed by atoms with Crippen molar-refractivity contribution in [3.63, 3.8) is 0 Å². The van der Waals surface area contributed by atoms with Crippen molar-refractivity contribution in [1.82, 2.24) is 5.32 Å². The van der Waals surface area contributed by atoms with Crippen LogP contribution in [0, 0.1) is 5.92 Å². The number of carbonyl (C=O) groups excluding carboxylic acids is 1. The van der Waals surface area contributed by atoms with E-state index in [9.17, 15) is 9.59 Å². The maximum absolute atomic E-state index is 11.6. The van der Waals surface area contributed by atoms with Crippen LogP contribution in [0.25, 0.3) is 0 Å². The zero-order valence-corrected chi connectivity index (χ0v) is 12.6. The molecule has 0 heterocycles. The van der Waals surface area contributed by atoms with Crippen LogP contribution < -0.4 is 15.4 Å². The summed E-state index contributed by atoms with van der Waals surface area (Å²) in [5, 5.41) is 14.0. The highest BCUT2D eigenvalue weighted by molar-refractivity contribution is 5.89. The van der Waals surface area contributed by atoms with Gasteiger partial charge in [0, 0.05) is 12.2 Å². The lowest BCUT2D eigenvalue weighted by atomic mass is 10.1. The van der Waals surface area contributed by atoms with Gasteiger partial charge in [-0.15, -0.1) is 0 Å². The largest absolute Gasteiger partial charge is 0.491 e. The molecule has 21 heavy (non-hydrogen) atoms. The van der Waals surface area contributed by atoms with E-state index in [1.54, 1.807) is 31.2 Å². The first kappa shape index (κ1) is 16.8. The van der Waals surface area contributed by atoms with Crippen LogP contribution in [-0.4, -0.2) is 29.8 Å². The van der Waals surface area contributed by atoms with Crippen molar-refractivity contribution in [2.24, 2.45) is 5.92 Å². The Morgan fingerprint density at radius 2 is 1.81 bits per heavy atom. The van der Waals surface area contributed by atoms with Gasteiger partial charge in [-0.05, 0) is 44.5 Å². The predicted octanol–water partition coefficient (Wildman–Crippen LogP) is 2.71. The third kappa shape index (κ3) is 6.65. The SMILES string of the molecule is CC(C)Oc1ccc(NC(=O)NCCC(C)C(=O)O)cc1. The molecule has 0 fully saturated rings. The summed E-state index contributed by atoms with van der Waals surface area (Å²) in [6.07, 6.45) is 0.493. The van der Waals surface area contributed by atoms with Crippen LogP contribution in [0.4, 0.5) is 10.5 Å². The molecule has 116 valence electrons. The van der Waals surface area contributed by atoms with Gasteiger partial charge in [-0.25, -0.2) is 4.79 Å². The minimum atomic E-state index is -0.863. The molecule has 0 saturated heterocycles. The number of amides is 2. The molecule has 1 aromatic carbocycles. The molecule has 3 N–H and O–H groups in total. The highest BCUT2D eigenvalue weighted by atomic mass is 16.5. The number of carboxylic acid groups (broad SMARTS) is 1. The van der Waals surface area contributed by atoms with Gasteiger partial charge in [0.15, 0.2) is 0 Å². The van der Waals surface area contributed by atoms with Gasteiger partial charge in [0.25, 0.3) is 0 Å². The van der Waals surface area contributed by atoms with Gasteiger partial charge >= 0.3 is 12.0 Å². The predicted molar refractivity (Wildman–Crippen MR) is 80.6 cm³/mol. The Labute approximate surface area is 124 Å². The normalized spacial score (nSPS) is 11.8. The number of ether oxygens (including phenoxy) is 1. The fourth-order valence-corrected chi connectivity index (χ4v) is 1.59. The number of benzene rings is 1. The van der Waals surface area contributed by atoms with E-state index in [1.165, 1.54) is 0 Å².